The van der Waals surface area contributed by atoms with E-state index in [2.05, 4.69) is 34.5 Å². The summed E-state index contributed by atoms with van der Waals surface area (Å²) in [6, 6.07) is 15.2. The second-order valence-corrected chi connectivity index (χ2v) is 31.1. The van der Waals surface area contributed by atoms with Gasteiger partial charge >= 0.3 is 199 Å². The monoisotopic (exact) mass is 562 g/mol. The topological polar surface area (TPSA) is 52.6 Å². The fourth-order valence-electron chi connectivity index (χ4n) is 3.26. The molecule has 174 valence electrons. The number of benzene rings is 2. The van der Waals surface area contributed by atoms with Crippen molar-refractivity contribution in [2.24, 2.45) is 0 Å². The minimum absolute atomic E-state index is 0.312. The Morgan fingerprint density at radius 2 is 1.00 bits per heavy atom. The Kier molecular flexibility index (Phi) is 10.1. The van der Waals surface area contributed by atoms with Crippen LogP contribution < -0.4 is 9.47 Å². The molecule has 0 aliphatic rings. The molecule has 0 N–H and O–H groups in total. The number of carbonyl (C=O) groups is 2. The van der Waals surface area contributed by atoms with Crippen LogP contribution in [0.25, 0.3) is 0 Å². The number of hydrogen-bond donors (Lipinski definition) is 0. The van der Waals surface area contributed by atoms with E-state index in [4.69, 9.17) is 9.47 Å². The van der Waals surface area contributed by atoms with Gasteiger partial charge in [0, 0.05) is 0 Å². The van der Waals surface area contributed by atoms with Crippen LogP contribution in [0.2, 0.25) is 34.5 Å². The van der Waals surface area contributed by atoms with E-state index in [1.165, 1.54) is 0 Å². The van der Waals surface area contributed by atoms with Crippen molar-refractivity contribution in [2.45, 2.75) is 60.2 Å². The molecule has 0 fully saturated rings. The summed E-state index contributed by atoms with van der Waals surface area (Å²) in [5, 5.41) is 0. The molecule has 0 amide bonds. The number of carbonyl (C=O) groups excluding carboxylic acids is 2. The Labute approximate surface area is 198 Å². The van der Waals surface area contributed by atoms with E-state index in [9.17, 15) is 9.59 Å². The average molecular weight is 560 g/mol. The van der Waals surface area contributed by atoms with Crippen LogP contribution in [0.15, 0.2) is 48.5 Å². The van der Waals surface area contributed by atoms with Crippen LogP contribution in [0.4, 0.5) is 0 Å². The zero-order chi connectivity index (χ0) is 23.8. The number of unbranched alkanes of at least 4 members (excludes halogenated alkanes) is 3. The van der Waals surface area contributed by atoms with Crippen molar-refractivity contribution in [3.05, 3.63) is 59.7 Å². The normalized spacial score (nSPS) is 11.8. The summed E-state index contributed by atoms with van der Waals surface area (Å²) in [6.07, 6.45) is 4.07. The number of rotatable bonds is 13. The van der Waals surface area contributed by atoms with E-state index < -0.39 is 26.5 Å². The minimum atomic E-state index is -2.35. The first kappa shape index (κ1) is 26.7. The van der Waals surface area contributed by atoms with Crippen LogP contribution in [-0.4, -0.2) is 49.0 Å². The molecule has 0 saturated heterocycles. The van der Waals surface area contributed by atoms with Gasteiger partial charge in [-0.05, 0) is 0 Å². The molecule has 0 atom stereocenters. The first-order chi connectivity index (χ1) is 15.0. The SMILES string of the molecule is [CH3][Ge]([CH3])([CH3])[C](=O)c1cccc(OCCCCCCOc2cccc([C](=O)[Ge]([CH3])([CH3])[CH3])c2)c1. The average Bonchev–Trinajstić information content (AvgIpc) is 2.73. The first-order valence-electron chi connectivity index (χ1n) is 11.5. The quantitative estimate of drug-likeness (QED) is 0.200. The molecule has 6 heteroatoms. The maximum absolute atomic E-state index is 12.5. The van der Waals surface area contributed by atoms with Gasteiger partial charge in [0.15, 0.2) is 0 Å². The first-order valence-corrected chi connectivity index (χ1v) is 26.2. The molecule has 0 saturated carbocycles. The van der Waals surface area contributed by atoms with Crippen LogP contribution in [0, 0.1) is 0 Å². The molecule has 0 aliphatic carbocycles. The summed E-state index contributed by atoms with van der Waals surface area (Å²) >= 11 is -4.70. The maximum atomic E-state index is 12.5. The molecule has 0 spiro atoms. The molecular weight excluding hydrogens is 522 g/mol. The van der Waals surface area contributed by atoms with Crippen molar-refractivity contribution < 1.29 is 19.1 Å². The van der Waals surface area contributed by atoms with Gasteiger partial charge in [0.05, 0.1) is 0 Å². The van der Waals surface area contributed by atoms with Crippen molar-refractivity contribution in [1.29, 1.82) is 0 Å². The van der Waals surface area contributed by atoms with Crippen LogP contribution >= 0.6 is 0 Å². The molecule has 32 heavy (non-hydrogen) atoms. The number of hydrogen-bond acceptors (Lipinski definition) is 4. The van der Waals surface area contributed by atoms with Gasteiger partial charge in [0.2, 0.25) is 0 Å². The molecule has 2 rings (SSSR count). The summed E-state index contributed by atoms with van der Waals surface area (Å²) in [4.78, 5) is 25.0. The molecular formula is C26H38Ge2O4. The third kappa shape index (κ3) is 8.78. The molecule has 4 nitrogen and oxygen atoms in total. The Hall–Kier alpha value is -1.53. The zero-order valence-corrected chi connectivity index (χ0v) is 24.7. The fourth-order valence-corrected chi connectivity index (χ4v) is 7.54. The summed E-state index contributed by atoms with van der Waals surface area (Å²) < 4.78 is 12.3. The van der Waals surface area contributed by atoms with Crippen LogP contribution in [0.1, 0.15) is 46.4 Å². The molecule has 0 heterocycles. The predicted molar refractivity (Wildman–Crippen MR) is 138 cm³/mol. The third-order valence-corrected chi connectivity index (χ3v) is 12.1. The van der Waals surface area contributed by atoms with E-state index in [0.717, 1.165) is 48.3 Å². The van der Waals surface area contributed by atoms with Gasteiger partial charge in [-0.25, -0.2) is 0 Å². The Bertz CT molecular complexity index is 835. The van der Waals surface area contributed by atoms with Gasteiger partial charge in [0.1, 0.15) is 0 Å². The van der Waals surface area contributed by atoms with Crippen molar-refractivity contribution in [3.8, 4) is 11.5 Å². The van der Waals surface area contributed by atoms with E-state index in [1.807, 2.05) is 48.5 Å². The van der Waals surface area contributed by atoms with Gasteiger partial charge in [-0.3, -0.25) is 0 Å². The Balaban J connectivity index is 1.66. The van der Waals surface area contributed by atoms with E-state index in [0.29, 0.717) is 22.4 Å². The summed E-state index contributed by atoms with van der Waals surface area (Å²) in [5.74, 6) is 14.2. The molecule has 0 unspecified atom stereocenters. The molecule has 0 aliphatic heterocycles. The van der Waals surface area contributed by atoms with E-state index in [-0.39, 0.29) is 0 Å². The molecule has 0 aromatic heterocycles. The van der Waals surface area contributed by atoms with Crippen molar-refractivity contribution in [3.63, 3.8) is 0 Å². The summed E-state index contributed by atoms with van der Waals surface area (Å²) in [6.45, 7) is 1.30. The fraction of sp³-hybridized carbons (Fsp3) is 0.462. The second kappa shape index (κ2) is 12.1. The van der Waals surface area contributed by atoms with Crippen LogP contribution in [-0.2, 0) is 0 Å². The van der Waals surface area contributed by atoms with E-state index >= 15 is 0 Å². The van der Waals surface area contributed by atoms with Crippen molar-refractivity contribution in [1.82, 2.24) is 0 Å². The van der Waals surface area contributed by atoms with Gasteiger partial charge in [-0.15, -0.1) is 0 Å². The number of ether oxygens (including phenoxy) is 2. The van der Waals surface area contributed by atoms with Crippen molar-refractivity contribution >= 4 is 35.8 Å². The predicted octanol–water partition coefficient (Wildman–Crippen LogP) is 6.83. The van der Waals surface area contributed by atoms with E-state index in [1.54, 1.807) is 0 Å². The van der Waals surface area contributed by atoms with Gasteiger partial charge in [-0.2, -0.15) is 0 Å². The molecule has 2 aromatic rings. The Morgan fingerprint density at radius 1 is 0.625 bits per heavy atom. The standard InChI is InChI=1S/C26H38Ge2O4/c1-27(2,3)25(29)21-13-11-15-23(19-21)31-17-9-7-8-10-18-32-24-16-12-14-22(20-24)26(30)28(4,5)6/h11-16,19-20H,7-10,17-18H2,1-6H3. The van der Waals surface area contributed by atoms with Crippen LogP contribution in [0.5, 0.6) is 11.5 Å². The summed E-state index contributed by atoms with van der Waals surface area (Å²) in [7, 11) is 0. The summed E-state index contributed by atoms with van der Waals surface area (Å²) in [5.41, 5.74) is 1.56. The second-order valence-electron chi connectivity index (χ2n) is 10.3. The van der Waals surface area contributed by atoms with Gasteiger partial charge < -0.3 is 0 Å². The molecule has 2 aromatic carbocycles. The molecule has 0 radical (unpaired) electrons. The Morgan fingerprint density at radius 3 is 1.34 bits per heavy atom. The van der Waals surface area contributed by atoms with Crippen molar-refractivity contribution in [2.75, 3.05) is 13.2 Å². The van der Waals surface area contributed by atoms with Crippen LogP contribution in [0.3, 0.4) is 0 Å². The van der Waals surface area contributed by atoms with Gasteiger partial charge in [-0.1, -0.05) is 0 Å². The molecule has 0 bridgehead atoms. The van der Waals surface area contributed by atoms with Gasteiger partial charge in [0.25, 0.3) is 0 Å². The zero-order valence-electron chi connectivity index (χ0n) is 20.5. The third-order valence-electron chi connectivity index (χ3n) is 5.13.